The summed E-state index contributed by atoms with van der Waals surface area (Å²) in [6, 6.07) is -4.19. The summed E-state index contributed by atoms with van der Waals surface area (Å²) in [5, 5.41) is 21.3. The zero-order valence-electron chi connectivity index (χ0n) is 28.1. The van der Waals surface area contributed by atoms with E-state index in [0.29, 0.717) is 19.5 Å². The predicted molar refractivity (Wildman–Crippen MR) is 173 cm³/mol. The molecule has 0 spiro atoms. The second-order valence-corrected chi connectivity index (χ2v) is 13.2. The minimum Gasteiger partial charge on any atom is -0.391 e. The maximum Gasteiger partial charge on any atom is 0.245 e. The van der Waals surface area contributed by atoms with Crippen molar-refractivity contribution in [3.63, 3.8) is 0 Å². The summed E-state index contributed by atoms with van der Waals surface area (Å²) < 4.78 is 0. The fourth-order valence-electron chi connectivity index (χ4n) is 6.11. The fourth-order valence-corrected chi connectivity index (χ4v) is 6.11. The summed E-state index contributed by atoms with van der Waals surface area (Å²) in [4.78, 5) is 71.0. The molecule has 0 aromatic rings. The van der Waals surface area contributed by atoms with Gasteiger partial charge in [-0.1, -0.05) is 59.3 Å². The molecule has 5 atom stereocenters. The maximum atomic E-state index is 13.9. The van der Waals surface area contributed by atoms with Crippen molar-refractivity contribution < 1.29 is 29.1 Å². The van der Waals surface area contributed by atoms with Crippen molar-refractivity contribution in [1.29, 1.82) is 0 Å². The molecule has 258 valence electrons. The molecule has 45 heavy (non-hydrogen) atoms. The predicted octanol–water partition coefficient (Wildman–Crippen LogP) is 0.246. The van der Waals surface area contributed by atoms with Crippen molar-refractivity contribution in [2.45, 2.75) is 122 Å². The molecule has 1 heterocycles. The molecule has 1 saturated heterocycles. The van der Waals surface area contributed by atoms with E-state index < -0.39 is 53.9 Å². The Morgan fingerprint density at radius 2 is 1.58 bits per heavy atom. The number of likely N-dealkylation sites (N-methyl/N-ethyl adjacent to an activating group) is 1. The maximum absolute atomic E-state index is 13.9. The van der Waals surface area contributed by atoms with Crippen molar-refractivity contribution in [3.05, 3.63) is 0 Å². The molecule has 2 rings (SSSR count). The first-order valence-electron chi connectivity index (χ1n) is 16.9. The van der Waals surface area contributed by atoms with Crippen molar-refractivity contribution in [2.75, 3.05) is 39.8 Å². The Morgan fingerprint density at radius 1 is 0.889 bits per heavy atom. The number of rotatable bonds is 10. The number of nitrogens with one attached hydrogen (secondary N) is 4. The molecule has 2 fully saturated rings. The largest absolute Gasteiger partial charge is 0.391 e. The van der Waals surface area contributed by atoms with Crippen LogP contribution in [-0.4, -0.2) is 114 Å². The highest BCUT2D eigenvalue weighted by molar-refractivity contribution is 5.96. The zero-order valence-corrected chi connectivity index (χ0v) is 28.1. The van der Waals surface area contributed by atoms with Gasteiger partial charge in [0.2, 0.25) is 29.5 Å². The summed E-state index contributed by atoms with van der Waals surface area (Å²) in [5.74, 6) is -2.52. The van der Waals surface area contributed by atoms with Gasteiger partial charge in [-0.3, -0.25) is 28.9 Å². The smallest absolute Gasteiger partial charge is 0.245 e. The number of aliphatic hydroxyl groups is 1. The van der Waals surface area contributed by atoms with Crippen LogP contribution in [0, 0.1) is 11.8 Å². The molecule has 0 bridgehead atoms. The van der Waals surface area contributed by atoms with Gasteiger partial charge in [-0.25, -0.2) is 0 Å². The van der Waals surface area contributed by atoms with Crippen LogP contribution < -0.4 is 27.0 Å². The lowest BCUT2D eigenvalue weighted by molar-refractivity contribution is -0.142. The highest BCUT2D eigenvalue weighted by Crippen LogP contribution is 2.27. The van der Waals surface area contributed by atoms with Crippen LogP contribution >= 0.6 is 0 Å². The molecule has 7 N–H and O–H groups in total. The van der Waals surface area contributed by atoms with E-state index in [4.69, 9.17) is 5.73 Å². The monoisotopic (exact) mass is 637 g/mol. The number of carbonyl (C=O) groups excluding carboxylic acids is 5. The van der Waals surface area contributed by atoms with E-state index in [1.807, 2.05) is 18.7 Å². The Labute approximate surface area is 269 Å². The Bertz CT molecular complexity index is 972. The first-order chi connectivity index (χ1) is 21.4. The average molecular weight is 638 g/mol. The molecule has 1 aliphatic heterocycles. The van der Waals surface area contributed by atoms with Crippen LogP contribution in [0.5, 0.6) is 0 Å². The SMILES string of the molecule is CCCCCCN1CCNC(=O)[C@H]([C@H](C)O)NC(=O)[C@H](CN)NC(=O)[C@H](C2CCCCC2)NC(=O)[C@H](CC(C)C)N(C)C(=O)C1. The lowest BCUT2D eigenvalue weighted by Gasteiger charge is -2.35. The van der Waals surface area contributed by atoms with Crippen molar-refractivity contribution in [2.24, 2.45) is 17.6 Å². The van der Waals surface area contributed by atoms with Crippen molar-refractivity contribution in [1.82, 2.24) is 31.1 Å². The first kappa shape index (κ1) is 38.4. The van der Waals surface area contributed by atoms with Gasteiger partial charge in [0.05, 0.1) is 12.6 Å². The zero-order chi connectivity index (χ0) is 33.5. The van der Waals surface area contributed by atoms with Gasteiger partial charge in [0.15, 0.2) is 0 Å². The summed E-state index contributed by atoms with van der Waals surface area (Å²) >= 11 is 0. The normalized spacial score (nSPS) is 26.8. The highest BCUT2D eigenvalue weighted by Gasteiger charge is 2.37. The van der Waals surface area contributed by atoms with Gasteiger partial charge < -0.3 is 37.0 Å². The number of carbonyl (C=O) groups is 5. The minimum absolute atomic E-state index is 0.0572. The molecule has 0 aromatic carbocycles. The average Bonchev–Trinajstić information content (AvgIpc) is 3.00. The lowest BCUT2D eigenvalue weighted by Crippen LogP contribution is -2.62. The third kappa shape index (κ3) is 12.5. The molecule has 1 saturated carbocycles. The Kier molecular flexibility index (Phi) is 16.8. The van der Waals surface area contributed by atoms with E-state index in [2.05, 4.69) is 28.2 Å². The molecule has 0 unspecified atom stereocenters. The van der Waals surface area contributed by atoms with E-state index in [0.717, 1.165) is 57.8 Å². The number of unbranched alkanes of at least 4 members (excludes halogenated alkanes) is 3. The van der Waals surface area contributed by atoms with Crippen LogP contribution in [0.15, 0.2) is 0 Å². The first-order valence-corrected chi connectivity index (χ1v) is 16.9. The summed E-state index contributed by atoms with van der Waals surface area (Å²) in [6.07, 6.45) is 7.55. The number of hydrogen-bond acceptors (Lipinski definition) is 8. The van der Waals surface area contributed by atoms with Crippen LogP contribution in [0.4, 0.5) is 0 Å². The molecular formula is C32H59N7O6. The van der Waals surface area contributed by atoms with Crippen LogP contribution in [0.2, 0.25) is 0 Å². The van der Waals surface area contributed by atoms with Gasteiger partial charge in [0.1, 0.15) is 24.2 Å². The van der Waals surface area contributed by atoms with Gasteiger partial charge >= 0.3 is 0 Å². The number of hydrogen-bond donors (Lipinski definition) is 6. The molecule has 0 radical (unpaired) electrons. The van der Waals surface area contributed by atoms with Crippen LogP contribution in [0.3, 0.4) is 0 Å². The lowest BCUT2D eigenvalue weighted by atomic mass is 9.83. The number of nitrogens with zero attached hydrogens (tertiary/aromatic N) is 2. The van der Waals surface area contributed by atoms with Gasteiger partial charge in [-0.05, 0) is 51.0 Å². The Hall–Kier alpha value is -2.77. The highest BCUT2D eigenvalue weighted by atomic mass is 16.3. The van der Waals surface area contributed by atoms with E-state index in [1.165, 1.54) is 11.8 Å². The third-order valence-corrected chi connectivity index (χ3v) is 8.91. The molecule has 5 amide bonds. The van der Waals surface area contributed by atoms with Gasteiger partial charge in [-0.15, -0.1) is 0 Å². The molecule has 0 aromatic heterocycles. The van der Waals surface area contributed by atoms with Crippen LogP contribution in [0.25, 0.3) is 0 Å². The molecule has 1 aliphatic carbocycles. The number of nitrogens with two attached hydrogens (primary N) is 1. The van der Waals surface area contributed by atoms with Crippen molar-refractivity contribution >= 4 is 29.5 Å². The molecule has 13 heteroatoms. The summed E-state index contributed by atoms with van der Waals surface area (Å²) in [7, 11) is 1.63. The van der Waals surface area contributed by atoms with Crippen LogP contribution in [-0.2, 0) is 24.0 Å². The number of amides is 5. The van der Waals surface area contributed by atoms with E-state index in [-0.39, 0.29) is 37.4 Å². The fraction of sp³-hybridized carbons (Fsp3) is 0.844. The molecule has 2 aliphatic rings. The van der Waals surface area contributed by atoms with Crippen molar-refractivity contribution in [3.8, 4) is 0 Å². The summed E-state index contributed by atoms with van der Waals surface area (Å²) in [5.41, 5.74) is 5.89. The topological polar surface area (TPSA) is 186 Å². The van der Waals surface area contributed by atoms with Gasteiger partial charge in [0, 0.05) is 26.7 Å². The Morgan fingerprint density at radius 3 is 2.18 bits per heavy atom. The second-order valence-electron chi connectivity index (χ2n) is 13.2. The van der Waals surface area contributed by atoms with Gasteiger partial charge in [0.25, 0.3) is 0 Å². The van der Waals surface area contributed by atoms with Gasteiger partial charge in [-0.2, -0.15) is 0 Å². The van der Waals surface area contributed by atoms with E-state index in [9.17, 15) is 29.1 Å². The minimum atomic E-state index is -1.28. The second kappa shape index (κ2) is 19.7. The molecule has 13 nitrogen and oxygen atoms in total. The summed E-state index contributed by atoms with van der Waals surface area (Å²) in [6.45, 7) is 8.47. The Balaban J connectivity index is 2.46. The molecular weight excluding hydrogens is 578 g/mol. The van der Waals surface area contributed by atoms with E-state index >= 15 is 0 Å². The quantitative estimate of drug-likeness (QED) is 0.184. The van der Waals surface area contributed by atoms with E-state index in [1.54, 1.807) is 7.05 Å². The van der Waals surface area contributed by atoms with Crippen LogP contribution in [0.1, 0.15) is 91.9 Å². The third-order valence-electron chi connectivity index (χ3n) is 8.91. The standard InChI is InChI=1S/C32H59N7O6/c1-6-7-8-12-16-39-17-15-34-31(44)27(22(4)40)36-29(42)24(19-33)35-32(45)28(23-13-10-9-11-14-23)37-30(43)25(18-21(2)3)38(5)26(41)20-39/h21-25,27-28,40H,6-20,33H2,1-5H3,(H,34,44)(H,35,45)(H,36,42)(H,37,43)/t22-,24-,25-,27-,28-/m0/s1. The number of aliphatic hydroxyl groups excluding tert-OH is 1.